The molecule has 1 N–H and O–H groups in total. The second-order valence-corrected chi connectivity index (χ2v) is 7.06. The van der Waals surface area contributed by atoms with Gasteiger partial charge in [-0.2, -0.15) is 0 Å². The van der Waals surface area contributed by atoms with Crippen molar-refractivity contribution in [1.29, 1.82) is 0 Å². The van der Waals surface area contributed by atoms with Gasteiger partial charge in [-0.05, 0) is 41.7 Å². The van der Waals surface area contributed by atoms with Crippen LogP contribution in [-0.4, -0.2) is 29.9 Å². The number of carbonyl (C=O) groups is 1. The molecule has 1 saturated heterocycles. The van der Waals surface area contributed by atoms with Gasteiger partial charge in [-0.1, -0.05) is 50.2 Å². The van der Waals surface area contributed by atoms with Gasteiger partial charge in [0.05, 0.1) is 0 Å². The minimum Gasteiger partial charge on any atom is -0.342 e. The molecule has 3 atom stereocenters. The van der Waals surface area contributed by atoms with Crippen LogP contribution >= 0.6 is 0 Å². The van der Waals surface area contributed by atoms with Gasteiger partial charge in [0.25, 0.3) is 0 Å². The summed E-state index contributed by atoms with van der Waals surface area (Å²) in [5, 5.41) is 6.37. The summed E-state index contributed by atoms with van der Waals surface area (Å²) in [5.74, 6) is 0.764. The molecular formula is C21H28N2O. The SMILES string of the molecule is CCC(=O)N1CCC(NC(C)c2ccc3ccccc3c2)C(C)C1. The van der Waals surface area contributed by atoms with Gasteiger partial charge in [-0.15, -0.1) is 0 Å². The first-order valence-electron chi connectivity index (χ1n) is 9.11. The summed E-state index contributed by atoms with van der Waals surface area (Å²) < 4.78 is 0. The van der Waals surface area contributed by atoms with Crippen LogP contribution in [0.2, 0.25) is 0 Å². The maximum Gasteiger partial charge on any atom is 0.222 e. The van der Waals surface area contributed by atoms with Crippen molar-refractivity contribution in [3.63, 3.8) is 0 Å². The monoisotopic (exact) mass is 324 g/mol. The van der Waals surface area contributed by atoms with Crippen molar-refractivity contribution >= 4 is 16.7 Å². The number of piperidine rings is 1. The van der Waals surface area contributed by atoms with E-state index >= 15 is 0 Å². The molecule has 0 radical (unpaired) electrons. The first-order valence-corrected chi connectivity index (χ1v) is 9.11. The molecule has 1 heterocycles. The van der Waals surface area contributed by atoms with Crippen LogP contribution < -0.4 is 5.32 Å². The highest BCUT2D eigenvalue weighted by atomic mass is 16.2. The molecule has 3 rings (SSSR count). The third-order valence-electron chi connectivity index (χ3n) is 5.30. The van der Waals surface area contributed by atoms with Crippen LogP contribution in [0.15, 0.2) is 42.5 Å². The number of nitrogens with one attached hydrogen (secondary N) is 1. The smallest absolute Gasteiger partial charge is 0.222 e. The van der Waals surface area contributed by atoms with E-state index < -0.39 is 0 Å². The third-order valence-corrected chi connectivity index (χ3v) is 5.30. The Balaban J connectivity index is 1.65. The molecular weight excluding hydrogens is 296 g/mol. The molecule has 0 spiro atoms. The fourth-order valence-corrected chi connectivity index (χ4v) is 3.74. The number of fused-ring (bicyclic) bond motifs is 1. The predicted octanol–water partition coefficient (Wildman–Crippen LogP) is 4.14. The average Bonchev–Trinajstić information content (AvgIpc) is 2.62. The molecule has 1 aliphatic heterocycles. The summed E-state index contributed by atoms with van der Waals surface area (Å²) >= 11 is 0. The lowest BCUT2D eigenvalue weighted by atomic mass is 9.92. The molecule has 2 aromatic rings. The van der Waals surface area contributed by atoms with Crippen LogP contribution in [0.25, 0.3) is 10.8 Å². The summed E-state index contributed by atoms with van der Waals surface area (Å²) in [6.07, 6.45) is 1.64. The first-order chi connectivity index (χ1) is 11.6. The van der Waals surface area contributed by atoms with Gasteiger partial charge in [0.2, 0.25) is 5.91 Å². The van der Waals surface area contributed by atoms with Gasteiger partial charge >= 0.3 is 0 Å². The largest absolute Gasteiger partial charge is 0.342 e. The maximum absolute atomic E-state index is 11.9. The average molecular weight is 324 g/mol. The molecule has 3 nitrogen and oxygen atoms in total. The summed E-state index contributed by atoms with van der Waals surface area (Å²) in [7, 11) is 0. The van der Waals surface area contributed by atoms with Crippen LogP contribution in [0.3, 0.4) is 0 Å². The van der Waals surface area contributed by atoms with Crippen LogP contribution in [0.1, 0.15) is 45.2 Å². The van der Waals surface area contributed by atoms with Crippen LogP contribution in [-0.2, 0) is 4.79 Å². The number of rotatable bonds is 4. The van der Waals surface area contributed by atoms with Gasteiger partial charge in [-0.3, -0.25) is 4.79 Å². The Kier molecular flexibility index (Phi) is 5.20. The van der Waals surface area contributed by atoms with Crippen LogP contribution in [0.4, 0.5) is 0 Å². The molecule has 0 saturated carbocycles. The van der Waals surface area contributed by atoms with Crippen molar-refractivity contribution in [2.45, 2.75) is 45.7 Å². The normalized spacial score (nSPS) is 22.5. The van der Waals surface area contributed by atoms with E-state index in [2.05, 4.69) is 61.6 Å². The molecule has 3 unspecified atom stereocenters. The fraction of sp³-hybridized carbons (Fsp3) is 0.476. The lowest BCUT2D eigenvalue weighted by molar-refractivity contribution is -0.132. The Morgan fingerprint density at radius 2 is 2.00 bits per heavy atom. The minimum atomic E-state index is 0.280. The van der Waals surface area contributed by atoms with Crippen molar-refractivity contribution < 1.29 is 4.79 Å². The highest BCUT2D eigenvalue weighted by molar-refractivity contribution is 5.83. The number of carbonyl (C=O) groups excluding carboxylic acids is 1. The van der Waals surface area contributed by atoms with E-state index in [1.54, 1.807) is 0 Å². The minimum absolute atomic E-state index is 0.280. The number of hydrogen-bond donors (Lipinski definition) is 1. The number of nitrogens with zero attached hydrogens (tertiary/aromatic N) is 1. The quantitative estimate of drug-likeness (QED) is 0.917. The Morgan fingerprint density at radius 1 is 1.25 bits per heavy atom. The number of likely N-dealkylation sites (tertiary alicyclic amines) is 1. The third kappa shape index (κ3) is 3.62. The summed E-state index contributed by atoms with van der Waals surface area (Å²) in [5.41, 5.74) is 1.33. The lowest BCUT2D eigenvalue weighted by Crippen LogP contribution is -2.50. The molecule has 128 valence electrons. The number of benzene rings is 2. The molecule has 0 bridgehead atoms. The second-order valence-electron chi connectivity index (χ2n) is 7.06. The van der Waals surface area contributed by atoms with E-state index in [0.717, 1.165) is 19.5 Å². The zero-order chi connectivity index (χ0) is 17.1. The second kappa shape index (κ2) is 7.35. The molecule has 24 heavy (non-hydrogen) atoms. The van der Waals surface area contributed by atoms with Crippen molar-refractivity contribution in [3.05, 3.63) is 48.0 Å². The molecule has 1 amide bonds. The number of hydrogen-bond acceptors (Lipinski definition) is 2. The van der Waals surface area contributed by atoms with Crippen LogP contribution in [0.5, 0.6) is 0 Å². The van der Waals surface area contributed by atoms with E-state index in [0.29, 0.717) is 24.4 Å². The van der Waals surface area contributed by atoms with Crippen molar-refractivity contribution in [2.24, 2.45) is 5.92 Å². The summed E-state index contributed by atoms with van der Waals surface area (Å²) in [6.45, 7) is 8.17. The zero-order valence-corrected chi connectivity index (χ0v) is 15.0. The fourth-order valence-electron chi connectivity index (χ4n) is 3.74. The highest BCUT2D eigenvalue weighted by Crippen LogP contribution is 2.24. The Hall–Kier alpha value is -1.87. The molecule has 2 aromatic carbocycles. The van der Waals surface area contributed by atoms with Crippen molar-refractivity contribution in [1.82, 2.24) is 10.2 Å². The highest BCUT2D eigenvalue weighted by Gasteiger charge is 2.28. The number of amides is 1. The van der Waals surface area contributed by atoms with Gasteiger partial charge in [-0.25, -0.2) is 0 Å². The predicted molar refractivity (Wildman–Crippen MR) is 99.9 cm³/mol. The molecule has 1 aliphatic rings. The van der Waals surface area contributed by atoms with Crippen LogP contribution in [0, 0.1) is 5.92 Å². The van der Waals surface area contributed by atoms with Gasteiger partial charge < -0.3 is 10.2 Å². The lowest BCUT2D eigenvalue weighted by Gasteiger charge is -2.38. The van der Waals surface area contributed by atoms with E-state index in [-0.39, 0.29) is 5.91 Å². The summed E-state index contributed by atoms with van der Waals surface area (Å²) in [6, 6.07) is 16.0. The van der Waals surface area contributed by atoms with Gasteiger partial charge in [0.15, 0.2) is 0 Å². The standard InChI is InChI=1S/C21H28N2O/c1-4-21(24)23-12-11-20(15(2)14-23)22-16(3)18-10-9-17-7-5-6-8-19(17)13-18/h5-10,13,15-16,20,22H,4,11-12,14H2,1-3H3. The topological polar surface area (TPSA) is 32.3 Å². The van der Waals surface area contributed by atoms with Gasteiger partial charge in [0, 0.05) is 31.6 Å². The van der Waals surface area contributed by atoms with Crippen molar-refractivity contribution in [3.8, 4) is 0 Å². The Morgan fingerprint density at radius 3 is 2.71 bits per heavy atom. The zero-order valence-electron chi connectivity index (χ0n) is 15.0. The van der Waals surface area contributed by atoms with E-state index in [1.807, 2.05) is 11.8 Å². The van der Waals surface area contributed by atoms with E-state index in [1.165, 1.54) is 16.3 Å². The summed E-state index contributed by atoms with van der Waals surface area (Å²) in [4.78, 5) is 13.9. The van der Waals surface area contributed by atoms with E-state index in [4.69, 9.17) is 0 Å². The van der Waals surface area contributed by atoms with E-state index in [9.17, 15) is 4.79 Å². The van der Waals surface area contributed by atoms with Gasteiger partial charge in [0.1, 0.15) is 0 Å². The van der Waals surface area contributed by atoms with Crippen molar-refractivity contribution in [2.75, 3.05) is 13.1 Å². The molecule has 0 aliphatic carbocycles. The molecule has 1 fully saturated rings. The first kappa shape index (κ1) is 17.0. The maximum atomic E-state index is 11.9. The molecule has 0 aromatic heterocycles. The molecule has 3 heteroatoms. The Labute approximate surface area is 145 Å². The Bertz CT molecular complexity index is 712.